The van der Waals surface area contributed by atoms with Crippen molar-refractivity contribution in [2.24, 2.45) is 0 Å². The number of halogens is 1. The first-order valence-corrected chi connectivity index (χ1v) is 8.57. The number of aromatic nitrogens is 4. The minimum atomic E-state index is -0.255. The second-order valence-corrected chi connectivity index (χ2v) is 6.28. The number of hydrogen-bond donors (Lipinski definition) is 0. The number of anilines is 2. The topological polar surface area (TPSA) is 58.0 Å². The first-order valence-electron chi connectivity index (χ1n) is 8.57. The number of piperazine rings is 1. The van der Waals surface area contributed by atoms with Crippen molar-refractivity contribution in [2.75, 3.05) is 36.0 Å². The molecule has 0 atom stereocenters. The summed E-state index contributed by atoms with van der Waals surface area (Å²) in [5.74, 6) is 1.57. The molecular formula is C19H19FN6. The molecule has 0 unspecified atom stereocenters. The molecule has 2 aromatic heterocycles. The predicted octanol–water partition coefficient (Wildman–Crippen LogP) is 2.71. The predicted molar refractivity (Wildman–Crippen MR) is 98.6 cm³/mol. The molecule has 0 N–H and O–H groups in total. The molecule has 4 rings (SSSR count). The Kier molecular flexibility index (Phi) is 4.43. The van der Waals surface area contributed by atoms with Gasteiger partial charge in [-0.25, -0.2) is 14.4 Å². The highest BCUT2D eigenvalue weighted by Gasteiger charge is 2.19. The third-order valence-electron chi connectivity index (χ3n) is 4.51. The molecule has 1 aliphatic rings. The SMILES string of the molecule is Cc1cc(N2CCN(c3ccc(-c4ccc(F)cc4)nn3)CC2)ncn1. The van der Waals surface area contributed by atoms with Crippen LogP contribution in [0.5, 0.6) is 0 Å². The molecule has 1 saturated heterocycles. The lowest BCUT2D eigenvalue weighted by atomic mass is 10.1. The number of nitrogens with zero attached hydrogens (tertiary/aromatic N) is 6. The molecule has 0 aliphatic carbocycles. The maximum absolute atomic E-state index is 13.0. The quantitative estimate of drug-likeness (QED) is 0.724. The van der Waals surface area contributed by atoms with Crippen molar-refractivity contribution >= 4 is 11.6 Å². The van der Waals surface area contributed by atoms with Crippen molar-refractivity contribution in [1.82, 2.24) is 20.2 Å². The Labute approximate surface area is 151 Å². The molecule has 0 amide bonds. The zero-order valence-electron chi connectivity index (χ0n) is 14.5. The van der Waals surface area contributed by atoms with Gasteiger partial charge in [-0.2, -0.15) is 0 Å². The fourth-order valence-corrected chi connectivity index (χ4v) is 3.05. The number of aryl methyl sites for hydroxylation is 1. The molecule has 1 fully saturated rings. The van der Waals surface area contributed by atoms with Crippen molar-refractivity contribution in [3.63, 3.8) is 0 Å². The van der Waals surface area contributed by atoms with E-state index in [-0.39, 0.29) is 5.82 Å². The largest absolute Gasteiger partial charge is 0.353 e. The Hall–Kier alpha value is -3.09. The highest BCUT2D eigenvalue weighted by atomic mass is 19.1. The molecule has 6 nitrogen and oxygen atoms in total. The Morgan fingerprint density at radius 1 is 0.808 bits per heavy atom. The zero-order chi connectivity index (χ0) is 17.9. The van der Waals surface area contributed by atoms with Crippen LogP contribution >= 0.6 is 0 Å². The number of hydrogen-bond acceptors (Lipinski definition) is 6. The molecule has 0 bridgehead atoms. The van der Waals surface area contributed by atoms with Crippen molar-refractivity contribution < 1.29 is 4.39 Å². The summed E-state index contributed by atoms with van der Waals surface area (Å²) >= 11 is 0. The van der Waals surface area contributed by atoms with E-state index < -0.39 is 0 Å². The van der Waals surface area contributed by atoms with Gasteiger partial charge in [0.05, 0.1) is 5.69 Å². The molecule has 3 aromatic rings. The molecular weight excluding hydrogens is 331 g/mol. The van der Waals surface area contributed by atoms with Crippen molar-refractivity contribution in [2.45, 2.75) is 6.92 Å². The molecule has 1 aromatic carbocycles. The van der Waals surface area contributed by atoms with E-state index in [0.717, 1.165) is 54.8 Å². The molecule has 7 heteroatoms. The zero-order valence-corrected chi connectivity index (χ0v) is 14.5. The van der Waals surface area contributed by atoms with Crippen LogP contribution in [0.15, 0.2) is 48.8 Å². The normalized spacial score (nSPS) is 14.5. The van der Waals surface area contributed by atoms with Gasteiger partial charge < -0.3 is 9.80 Å². The van der Waals surface area contributed by atoms with Gasteiger partial charge in [0, 0.05) is 43.5 Å². The molecule has 0 spiro atoms. The maximum atomic E-state index is 13.0. The monoisotopic (exact) mass is 350 g/mol. The lowest BCUT2D eigenvalue weighted by molar-refractivity contribution is 0.628. The van der Waals surface area contributed by atoms with Gasteiger partial charge in [0.1, 0.15) is 18.0 Å². The third kappa shape index (κ3) is 3.46. The smallest absolute Gasteiger partial charge is 0.151 e. The van der Waals surface area contributed by atoms with Crippen molar-refractivity contribution in [3.8, 4) is 11.3 Å². The molecule has 1 aliphatic heterocycles. The fraction of sp³-hybridized carbons (Fsp3) is 0.263. The first-order chi connectivity index (χ1) is 12.7. The molecule has 132 valence electrons. The maximum Gasteiger partial charge on any atom is 0.151 e. The van der Waals surface area contributed by atoms with Crippen LogP contribution in [0.25, 0.3) is 11.3 Å². The lowest BCUT2D eigenvalue weighted by Gasteiger charge is -2.35. The molecule has 0 saturated carbocycles. The van der Waals surface area contributed by atoms with Crippen LogP contribution in [0.2, 0.25) is 0 Å². The summed E-state index contributed by atoms with van der Waals surface area (Å²) in [6.07, 6.45) is 1.61. The second-order valence-electron chi connectivity index (χ2n) is 6.28. The van der Waals surface area contributed by atoms with Crippen molar-refractivity contribution in [3.05, 3.63) is 60.3 Å². The molecule has 26 heavy (non-hydrogen) atoms. The summed E-state index contributed by atoms with van der Waals surface area (Å²) in [4.78, 5) is 13.0. The van der Waals surface area contributed by atoms with E-state index in [4.69, 9.17) is 0 Å². The van der Waals surface area contributed by atoms with Gasteiger partial charge in [-0.3, -0.25) is 0 Å². The van der Waals surface area contributed by atoms with Crippen LogP contribution in [0.4, 0.5) is 16.0 Å². The highest BCUT2D eigenvalue weighted by molar-refractivity contribution is 5.59. The van der Waals surface area contributed by atoms with E-state index in [0.29, 0.717) is 0 Å². The molecule has 0 radical (unpaired) electrons. The van der Waals surface area contributed by atoms with Crippen LogP contribution in [0.3, 0.4) is 0 Å². The summed E-state index contributed by atoms with van der Waals surface area (Å²) in [6.45, 7) is 5.43. The summed E-state index contributed by atoms with van der Waals surface area (Å²) in [7, 11) is 0. The van der Waals surface area contributed by atoms with Crippen LogP contribution in [-0.2, 0) is 0 Å². The highest BCUT2D eigenvalue weighted by Crippen LogP contribution is 2.21. The summed E-state index contributed by atoms with van der Waals surface area (Å²) < 4.78 is 13.0. The van der Waals surface area contributed by atoms with E-state index >= 15 is 0 Å². The number of rotatable bonds is 3. The summed E-state index contributed by atoms with van der Waals surface area (Å²) in [5.41, 5.74) is 2.57. The third-order valence-corrected chi connectivity index (χ3v) is 4.51. The van der Waals surface area contributed by atoms with E-state index in [1.807, 2.05) is 25.1 Å². The van der Waals surface area contributed by atoms with Crippen LogP contribution in [-0.4, -0.2) is 46.3 Å². The van der Waals surface area contributed by atoms with Crippen molar-refractivity contribution in [1.29, 1.82) is 0 Å². The minimum absolute atomic E-state index is 0.255. The van der Waals surface area contributed by atoms with Gasteiger partial charge in [0.25, 0.3) is 0 Å². The van der Waals surface area contributed by atoms with Gasteiger partial charge in [-0.05, 0) is 43.3 Å². The number of benzene rings is 1. The lowest BCUT2D eigenvalue weighted by Crippen LogP contribution is -2.47. The fourth-order valence-electron chi connectivity index (χ4n) is 3.05. The van der Waals surface area contributed by atoms with E-state index in [1.165, 1.54) is 12.1 Å². The van der Waals surface area contributed by atoms with Gasteiger partial charge in [-0.1, -0.05) is 0 Å². The summed E-state index contributed by atoms with van der Waals surface area (Å²) in [5, 5.41) is 8.65. The Balaban J connectivity index is 1.42. The van der Waals surface area contributed by atoms with E-state index in [9.17, 15) is 4.39 Å². The minimum Gasteiger partial charge on any atom is -0.353 e. The van der Waals surface area contributed by atoms with Gasteiger partial charge >= 0.3 is 0 Å². The standard InChI is InChI=1S/C19H19FN6/c1-14-12-19(22-13-21-14)26-10-8-25(9-11-26)18-7-6-17(23-24-18)15-2-4-16(20)5-3-15/h2-7,12-13H,8-11H2,1H3. The van der Waals surface area contributed by atoms with Gasteiger partial charge in [-0.15, -0.1) is 10.2 Å². The van der Waals surface area contributed by atoms with Gasteiger partial charge in [0.15, 0.2) is 5.82 Å². The van der Waals surface area contributed by atoms with Crippen LogP contribution in [0, 0.1) is 12.7 Å². The summed E-state index contributed by atoms with van der Waals surface area (Å²) in [6, 6.07) is 12.2. The molecule has 3 heterocycles. The van der Waals surface area contributed by atoms with Crippen LogP contribution in [0.1, 0.15) is 5.69 Å². The first kappa shape index (κ1) is 16.4. The average molecular weight is 350 g/mol. The second kappa shape index (κ2) is 7.03. The van der Waals surface area contributed by atoms with Crippen LogP contribution < -0.4 is 9.80 Å². The Morgan fingerprint density at radius 3 is 2.12 bits per heavy atom. The van der Waals surface area contributed by atoms with Gasteiger partial charge in [0.2, 0.25) is 0 Å². The van der Waals surface area contributed by atoms with E-state index in [2.05, 4.69) is 30.0 Å². The average Bonchev–Trinajstić information content (AvgIpc) is 2.69. The van der Waals surface area contributed by atoms with E-state index in [1.54, 1.807) is 18.5 Å². The Morgan fingerprint density at radius 2 is 1.50 bits per heavy atom. The Bertz CT molecular complexity index is 873.